The average Bonchev–Trinajstić information content (AvgIpc) is 2.81. The number of nitrogens with one attached hydrogen (secondary N) is 1. The minimum absolute atomic E-state index is 0.814. The van der Waals surface area contributed by atoms with Crippen LogP contribution < -0.4 is 5.32 Å². The molecule has 1 atom stereocenters. The van der Waals surface area contributed by atoms with Gasteiger partial charge < -0.3 is 10.2 Å². The summed E-state index contributed by atoms with van der Waals surface area (Å²) >= 11 is 0. The Morgan fingerprint density at radius 2 is 1.93 bits per heavy atom. The van der Waals surface area contributed by atoms with Crippen molar-refractivity contribution in [3.05, 3.63) is 0 Å². The van der Waals surface area contributed by atoms with E-state index in [1.54, 1.807) is 0 Å². The number of rotatable bonds is 4. The summed E-state index contributed by atoms with van der Waals surface area (Å²) in [6, 6.07) is 0.814. The molecule has 1 aliphatic heterocycles. The molecule has 1 saturated carbocycles. The highest BCUT2D eigenvalue weighted by molar-refractivity contribution is 4.79. The van der Waals surface area contributed by atoms with Gasteiger partial charge in [-0.3, -0.25) is 0 Å². The highest BCUT2D eigenvalue weighted by Gasteiger charge is 2.20. The van der Waals surface area contributed by atoms with Crippen LogP contribution in [0, 0.1) is 5.92 Å². The van der Waals surface area contributed by atoms with Crippen LogP contribution in [-0.4, -0.2) is 37.6 Å². The van der Waals surface area contributed by atoms with E-state index >= 15 is 0 Å². The van der Waals surface area contributed by atoms with Gasteiger partial charge in [0.25, 0.3) is 0 Å². The average molecular weight is 210 g/mol. The largest absolute Gasteiger partial charge is 0.315 e. The van der Waals surface area contributed by atoms with Crippen molar-refractivity contribution in [2.24, 2.45) is 5.92 Å². The normalized spacial score (nSPS) is 28.8. The van der Waals surface area contributed by atoms with Gasteiger partial charge in [-0.25, -0.2) is 0 Å². The summed E-state index contributed by atoms with van der Waals surface area (Å²) in [6.45, 7) is 3.75. The molecule has 2 nitrogen and oxygen atoms in total. The van der Waals surface area contributed by atoms with E-state index in [0.29, 0.717) is 0 Å². The monoisotopic (exact) mass is 210 g/mol. The fourth-order valence-electron chi connectivity index (χ4n) is 3.06. The zero-order chi connectivity index (χ0) is 10.5. The van der Waals surface area contributed by atoms with Crippen LogP contribution in [0.4, 0.5) is 0 Å². The van der Waals surface area contributed by atoms with Gasteiger partial charge >= 0.3 is 0 Å². The lowest BCUT2D eigenvalue weighted by Crippen LogP contribution is -2.35. The maximum absolute atomic E-state index is 3.45. The van der Waals surface area contributed by atoms with Crippen molar-refractivity contribution in [1.82, 2.24) is 10.2 Å². The van der Waals surface area contributed by atoms with Crippen molar-refractivity contribution in [2.45, 2.75) is 51.0 Å². The lowest BCUT2D eigenvalue weighted by Gasteiger charge is -2.27. The van der Waals surface area contributed by atoms with E-state index in [-0.39, 0.29) is 0 Å². The second-order valence-electron chi connectivity index (χ2n) is 5.42. The van der Waals surface area contributed by atoms with Crippen molar-refractivity contribution in [2.75, 3.05) is 26.7 Å². The summed E-state index contributed by atoms with van der Waals surface area (Å²) < 4.78 is 0. The third-order valence-electron chi connectivity index (χ3n) is 4.27. The molecule has 0 aromatic carbocycles. The molecule has 1 aliphatic carbocycles. The van der Waals surface area contributed by atoms with Crippen molar-refractivity contribution >= 4 is 0 Å². The van der Waals surface area contributed by atoms with Crippen LogP contribution in [0.3, 0.4) is 0 Å². The third kappa shape index (κ3) is 3.46. The van der Waals surface area contributed by atoms with Gasteiger partial charge in [0.2, 0.25) is 0 Å². The molecule has 1 N–H and O–H groups in total. The lowest BCUT2D eigenvalue weighted by molar-refractivity contribution is 0.220. The predicted octanol–water partition coefficient (Wildman–Crippen LogP) is 2.25. The first-order valence-electron chi connectivity index (χ1n) is 6.77. The third-order valence-corrected chi connectivity index (χ3v) is 4.27. The number of hydrogen-bond acceptors (Lipinski definition) is 2. The first-order chi connectivity index (χ1) is 7.36. The molecule has 2 rings (SSSR count). The van der Waals surface area contributed by atoms with Crippen LogP contribution in [0.2, 0.25) is 0 Å². The summed E-state index contributed by atoms with van der Waals surface area (Å²) in [7, 11) is 2.31. The summed E-state index contributed by atoms with van der Waals surface area (Å²) in [5.41, 5.74) is 0. The highest BCUT2D eigenvalue weighted by atomic mass is 15.2. The van der Waals surface area contributed by atoms with Crippen molar-refractivity contribution in [1.29, 1.82) is 0 Å². The van der Waals surface area contributed by atoms with E-state index in [9.17, 15) is 0 Å². The summed E-state index contributed by atoms with van der Waals surface area (Å²) in [5, 5.41) is 3.45. The fourth-order valence-corrected chi connectivity index (χ4v) is 3.06. The maximum Gasteiger partial charge on any atom is 0.0229 e. The molecule has 1 saturated heterocycles. The quantitative estimate of drug-likeness (QED) is 0.765. The van der Waals surface area contributed by atoms with Crippen LogP contribution in [0.25, 0.3) is 0 Å². The Labute approximate surface area is 94.4 Å². The molecule has 88 valence electrons. The minimum atomic E-state index is 0.814. The first kappa shape index (κ1) is 11.4. The van der Waals surface area contributed by atoms with E-state index in [1.165, 1.54) is 64.6 Å². The Balaban J connectivity index is 1.63. The van der Waals surface area contributed by atoms with Gasteiger partial charge in [0.1, 0.15) is 0 Å². The Morgan fingerprint density at radius 1 is 1.13 bits per heavy atom. The minimum Gasteiger partial charge on any atom is -0.315 e. The highest BCUT2D eigenvalue weighted by Crippen LogP contribution is 2.26. The standard InChI is InChI=1S/C13H26N2/c1-15(13-7-9-14-11-13)10-8-12-5-3-2-4-6-12/h12-14H,2-11H2,1H3. The molecule has 0 aromatic heterocycles. The lowest BCUT2D eigenvalue weighted by atomic mass is 9.87. The molecular weight excluding hydrogens is 184 g/mol. The smallest absolute Gasteiger partial charge is 0.0229 e. The molecule has 2 aliphatic rings. The van der Waals surface area contributed by atoms with Gasteiger partial charge in [-0.05, 0) is 38.9 Å². The molecule has 0 spiro atoms. The van der Waals surface area contributed by atoms with E-state index in [4.69, 9.17) is 0 Å². The topological polar surface area (TPSA) is 15.3 Å². The molecule has 0 aromatic rings. The zero-order valence-corrected chi connectivity index (χ0v) is 10.2. The van der Waals surface area contributed by atoms with Crippen molar-refractivity contribution < 1.29 is 0 Å². The molecular formula is C13H26N2. The van der Waals surface area contributed by atoms with Gasteiger partial charge in [0.05, 0.1) is 0 Å². The SMILES string of the molecule is CN(CCC1CCCCC1)C1CCNC1. The molecule has 0 bridgehead atoms. The summed E-state index contributed by atoms with van der Waals surface area (Å²) in [5.74, 6) is 1.04. The van der Waals surface area contributed by atoms with Gasteiger partial charge in [-0.2, -0.15) is 0 Å². The Bertz CT molecular complexity index is 169. The number of likely N-dealkylation sites (N-methyl/N-ethyl adjacent to an activating group) is 1. The predicted molar refractivity (Wildman–Crippen MR) is 65.1 cm³/mol. The Hall–Kier alpha value is -0.0800. The van der Waals surface area contributed by atoms with E-state index in [1.807, 2.05) is 0 Å². The molecule has 1 unspecified atom stereocenters. The molecule has 2 fully saturated rings. The van der Waals surface area contributed by atoms with Crippen LogP contribution in [0.15, 0.2) is 0 Å². The Morgan fingerprint density at radius 3 is 2.60 bits per heavy atom. The molecule has 0 radical (unpaired) electrons. The molecule has 1 heterocycles. The summed E-state index contributed by atoms with van der Waals surface area (Å²) in [6.07, 6.45) is 10.2. The fraction of sp³-hybridized carbons (Fsp3) is 1.00. The molecule has 2 heteroatoms. The second kappa shape index (κ2) is 5.86. The van der Waals surface area contributed by atoms with E-state index in [2.05, 4.69) is 17.3 Å². The van der Waals surface area contributed by atoms with Crippen molar-refractivity contribution in [3.8, 4) is 0 Å². The maximum atomic E-state index is 3.45. The van der Waals surface area contributed by atoms with Crippen LogP contribution in [0.5, 0.6) is 0 Å². The van der Waals surface area contributed by atoms with Gasteiger partial charge in [-0.1, -0.05) is 32.1 Å². The van der Waals surface area contributed by atoms with Crippen molar-refractivity contribution in [3.63, 3.8) is 0 Å². The van der Waals surface area contributed by atoms with E-state index < -0.39 is 0 Å². The van der Waals surface area contributed by atoms with Gasteiger partial charge in [0.15, 0.2) is 0 Å². The van der Waals surface area contributed by atoms with Crippen LogP contribution in [0.1, 0.15) is 44.9 Å². The number of nitrogens with zero attached hydrogens (tertiary/aromatic N) is 1. The van der Waals surface area contributed by atoms with E-state index in [0.717, 1.165) is 12.0 Å². The molecule has 15 heavy (non-hydrogen) atoms. The summed E-state index contributed by atoms with van der Waals surface area (Å²) in [4.78, 5) is 2.58. The van der Waals surface area contributed by atoms with Crippen LogP contribution >= 0.6 is 0 Å². The molecule has 0 amide bonds. The van der Waals surface area contributed by atoms with Gasteiger partial charge in [0, 0.05) is 12.6 Å². The Kier molecular flexibility index (Phi) is 4.45. The van der Waals surface area contributed by atoms with Crippen LogP contribution in [-0.2, 0) is 0 Å². The number of hydrogen-bond donors (Lipinski definition) is 1. The van der Waals surface area contributed by atoms with Gasteiger partial charge in [-0.15, -0.1) is 0 Å². The zero-order valence-electron chi connectivity index (χ0n) is 10.2. The first-order valence-corrected chi connectivity index (χ1v) is 6.77. The second-order valence-corrected chi connectivity index (χ2v) is 5.42.